The number of amides is 1. The normalized spacial score (nSPS) is 9.05. The summed E-state index contributed by atoms with van der Waals surface area (Å²) in [6, 6.07) is 14.5. The van der Waals surface area contributed by atoms with Gasteiger partial charge >= 0.3 is 0 Å². The smallest absolute Gasteiger partial charge is 0.261 e. The van der Waals surface area contributed by atoms with Gasteiger partial charge in [0.2, 0.25) is 5.43 Å². The molecule has 0 aliphatic heterocycles. The number of carbonyl (C=O) groups excluding carboxylic acids is 1. The van der Waals surface area contributed by atoms with Gasteiger partial charge in [-0.1, -0.05) is 78.1 Å². The van der Waals surface area contributed by atoms with Crippen LogP contribution in [0.25, 0.3) is 11.1 Å². The molecule has 0 spiro atoms. The van der Waals surface area contributed by atoms with Gasteiger partial charge in [0, 0.05) is 44.7 Å². The fraction of sp³-hybridized carbons (Fsp3) is 0.267. The molecule has 8 heteroatoms. The van der Waals surface area contributed by atoms with Crippen molar-refractivity contribution in [1.82, 2.24) is 15.2 Å². The van der Waals surface area contributed by atoms with Gasteiger partial charge in [-0.05, 0) is 54.6 Å². The molecule has 0 aliphatic carbocycles. The number of carbonyl (C=O) groups is 1. The number of aryl methyl sites for hydroxylation is 2. The fourth-order valence-electron chi connectivity index (χ4n) is 3.13. The van der Waals surface area contributed by atoms with Crippen LogP contribution in [-0.4, -0.2) is 21.1 Å². The van der Waals surface area contributed by atoms with Gasteiger partial charge in [-0.3, -0.25) is 14.7 Å². The van der Waals surface area contributed by atoms with Crippen molar-refractivity contribution >= 4 is 11.6 Å². The molecule has 4 rings (SSSR count). The van der Waals surface area contributed by atoms with Crippen LogP contribution in [0.5, 0.6) is 11.5 Å². The molecule has 0 saturated carbocycles. The van der Waals surface area contributed by atoms with Crippen molar-refractivity contribution in [2.24, 2.45) is 0 Å². The van der Waals surface area contributed by atoms with E-state index in [0.717, 1.165) is 16.7 Å². The molecule has 0 bridgehead atoms. The van der Waals surface area contributed by atoms with Crippen LogP contribution in [0.15, 0.2) is 71.9 Å². The Balaban J connectivity index is 0.00000183. The second kappa shape index (κ2) is 18.6. The number of nitrogens with zero attached hydrogens (tertiary/aromatic N) is 2. The zero-order valence-corrected chi connectivity index (χ0v) is 26.3. The molecular formula is C30H37N4O3W-. The monoisotopic (exact) mass is 685 g/mol. The second-order valence-corrected chi connectivity index (χ2v) is 6.97. The molecule has 0 aliphatic rings. The largest absolute Gasteiger partial charge is 0.494 e. The van der Waals surface area contributed by atoms with E-state index in [1.165, 1.54) is 12.4 Å². The first-order chi connectivity index (χ1) is 18.0. The first-order valence-electron chi connectivity index (χ1n) is 12.6. The van der Waals surface area contributed by atoms with Crippen LogP contribution in [0.1, 0.15) is 63.0 Å². The molecule has 2 heterocycles. The molecule has 1 amide bonds. The molecule has 7 nitrogen and oxygen atoms in total. The van der Waals surface area contributed by atoms with Crippen molar-refractivity contribution < 1.29 is 30.6 Å². The van der Waals surface area contributed by atoms with Crippen molar-refractivity contribution in [3.63, 3.8) is 0 Å². The molecule has 38 heavy (non-hydrogen) atoms. The van der Waals surface area contributed by atoms with E-state index in [1.807, 2.05) is 91.8 Å². The molecule has 0 atom stereocenters. The number of benzene rings is 2. The molecular weight excluding hydrogens is 648 g/mol. The SMILES string of the molecule is CC.CC.CC.Cc1cc(Oc2[c-]nncc2)c(C)cc1NC(=O)c1c[nH]cc(-c2ccccc2)c1=O.[W]. The van der Waals surface area contributed by atoms with Crippen molar-refractivity contribution in [1.29, 1.82) is 0 Å². The van der Waals surface area contributed by atoms with Crippen LogP contribution < -0.4 is 15.5 Å². The summed E-state index contributed by atoms with van der Waals surface area (Å²) in [5.74, 6) is 0.573. The van der Waals surface area contributed by atoms with Crippen molar-refractivity contribution in [2.45, 2.75) is 55.4 Å². The summed E-state index contributed by atoms with van der Waals surface area (Å²) in [5, 5.41) is 10.2. The van der Waals surface area contributed by atoms with Crippen molar-refractivity contribution in [2.75, 3.05) is 5.32 Å². The predicted molar refractivity (Wildman–Crippen MR) is 151 cm³/mol. The third kappa shape index (κ3) is 9.38. The average molecular weight is 685 g/mol. The summed E-state index contributed by atoms with van der Waals surface area (Å²) in [6.45, 7) is 15.7. The Morgan fingerprint density at radius 3 is 2.18 bits per heavy atom. The number of anilines is 1. The van der Waals surface area contributed by atoms with Gasteiger partial charge in [-0.25, -0.2) is 0 Å². The first-order valence-corrected chi connectivity index (χ1v) is 12.6. The maximum atomic E-state index is 12.9. The Morgan fingerprint density at radius 2 is 1.58 bits per heavy atom. The van der Waals surface area contributed by atoms with Crippen LogP contribution in [0.3, 0.4) is 0 Å². The van der Waals surface area contributed by atoms with E-state index in [9.17, 15) is 9.59 Å². The van der Waals surface area contributed by atoms with Gasteiger partial charge in [0.1, 0.15) is 11.3 Å². The molecule has 4 aromatic rings. The fourth-order valence-corrected chi connectivity index (χ4v) is 3.13. The van der Waals surface area contributed by atoms with Crippen LogP contribution in [0, 0.1) is 20.0 Å². The number of hydrogen-bond acceptors (Lipinski definition) is 5. The second-order valence-electron chi connectivity index (χ2n) is 6.97. The third-order valence-corrected chi connectivity index (χ3v) is 4.77. The van der Waals surface area contributed by atoms with E-state index in [4.69, 9.17) is 4.74 Å². The number of ether oxygens (including phenoxy) is 1. The Labute approximate surface area is 240 Å². The van der Waals surface area contributed by atoms with Crippen molar-refractivity contribution in [3.8, 4) is 22.6 Å². The summed E-state index contributed by atoms with van der Waals surface area (Å²) >= 11 is 0. The zero-order valence-electron chi connectivity index (χ0n) is 23.4. The average Bonchev–Trinajstić information content (AvgIpc) is 2.96. The summed E-state index contributed by atoms with van der Waals surface area (Å²) in [5.41, 5.74) is 3.07. The van der Waals surface area contributed by atoms with E-state index in [1.54, 1.807) is 18.3 Å². The van der Waals surface area contributed by atoms with Crippen LogP contribution in [0.4, 0.5) is 5.69 Å². The van der Waals surface area contributed by atoms with Gasteiger partial charge in [0.25, 0.3) is 5.91 Å². The number of hydrogen-bond donors (Lipinski definition) is 2. The molecule has 0 fully saturated rings. The minimum Gasteiger partial charge on any atom is -0.494 e. The number of aromatic nitrogens is 3. The maximum Gasteiger partial charge on any atom is 0.261 e. The molecule has 0 radical (unpaired) electrons. The van der Waals surface area contributed by atoms with E-state index in [0.29, 0.717) is 22.7 Å². The Bertz CT molecular complexity index is 1290. The van der Waals surface area contributed by atoms with E-state index in [-0.39, 0.29) is 32.1 Å². The van der Waals surface area contributed by atoms with Gasteiger partial charge < -0.3 is 15.0 Å². The van der Waals surface area contributed by atoms with E-state index >= 15 is 0 Å². The van der Waals surface area contributed by atoms with E-state index in [2.05, 4.69) is 26.7 Å². The Kier molecular flexibility index (Phi) is 16.9. The summed E-state index contributed by atoms with van der Waals surface area (Å²) in [4.78, 5) is 28.7. The minimum absolute atomic E-state index is 0. The number of nitrogens with one attached hydrogen (secondary N) is 2. The Hall–Kier alpha value is -3.57. The molecule has 0 saturated heterocycles. The van der Waals surface area contributed by atoms with Crippen LogP contribution >= 0.6 is 0 Å². The van der Waals surface area contributed by atoms with Crippen molar-refractivity contribution in [3.05, 3.63) is 100 Å². The third-order valence-electron chi connectivity index (χ3n) is 4.77. The predicted octanol–water partition coefficient (Wildman–Crippen LogP) is 7.37. The van der Waals surface area contributed by atoms with Gasteiger partial charge in [0.05, 0.1) is 0 Å². The quantitative estimate of drug-likeness (QED) is 0.214. The minimum atomic E-state index is -0.484. The van der Waals surface area contributed by atoms with Crippen LogP contribution in [0.2, 0.25) is 0 Å². The zero-order chi connectivity index (χ0) is 27.8. The molecule has 2 aromatic carbocycles. The van der Waals surface area contributed by atoms with Crippen LogP contribution in [-0.2, 0) is 21.1 Å². The summed E-state index contributed by atoms with van der Waals surface area (Å²) in [7, 11) is 0. The first kappa shape index (κ1) is 34.4. The summed E-state index contributed by atoms with van der Waals surface area (Å²) < 4.78 is 5.79. The molecule has 0 unspecified atom stereocenters. The number of H-pyrrole nitrogens is 1. The molecule has 2 N–H and O–H groups in total. The van der Waals surface area contributed by atoms with Gasteiger partial charge in [-0.15, -0.1) is 6.07 Å². The maximum absolute atomic E-state index is 12.9. The molecule has 2 aromatic heterocycles. The topological polar surface area (TPSA) is 97.0 Å². The Morgan fingerprint density at radius 1 is 0.921 bits per heavy atom. The summed E-state index contributed by atoms with van der Waals surface area (Å²) in [6.07, 6.45) is 7.19. The van der Waals surface area contributed by atoms with Gasteiger partial charge in [-0.2, -0.15) is 5.10 Å². The van der Waals surface area contributed by atoms with E-state index < -0.39 is 5.91 Å². The number of rotatable bonds is 5. The molecule has 202 valence electrons. The standard InChI is InChI=1S/C24H19N4O3.3C2H6.W/c1-15-11-22(31-18-8-9-26-27-12-18)16(2)10-21(15)28-24(30)20-14-25-13-19(23(20)29)17-6-4-3-5-7-17;3*1-2;/h3-11,13-14H,1-2H3,(H,25,29)(H,28,30);3*1-2H3;/q-1;;;;. The number of aromatic amines is 1. The van der Waals surface area contributed by atoms with Gasteiger partial charge in [0.15, 0.2) is 0 Å². The number of pyridine rings is 1.